The van der Waals surface area contributed by atoms with E-state index in [-0.39, 0.29) is 19.5 Å². The van der Waals surface area contributed by atoms with Crippen molar-refractivity contribution in [3.05, 3.63) is 46.4 Å². The SMILES string of the molecule is [S-]c1nc2ccc(Cl)cc2s1.[S-]c1nc2ccc(Cl)cc2s1.[Zn+2]. The molecule has 0 spiro atoms. The topological polar surface area (TPSA) is 25.8 Å². The van der Waals surface area contributed by atoms with Crippen LogP contribution in [0.1, 0.15) is 0 Å². The van der Waals surface area contributed by atoms with Crippen LogP contribution in [-0.2, 0) is 44.7 Å². The molecule has 2 aromatic carbocycles. The minimum atomic E-state index is 0. The third kappa shape index (κ3) is 4.92. The third-order valence-corrected chi connectivity index (χ3v) is 5.44. The van der Waals surface area contributed by atoms with Crippen molar-refractivity contribution in [3.63, 3.8) is 0 Å². The van der Waals surface area contributed by atoms with E-state index in [9.17, 15) is 0 Å². The Labute approximate surface area is 174 Å². The molecule has 0 N–H and O–H groups in total. The third-order valence-electron chi connectivity index (χ3n) is 2.66. The summed E-state index contributed by atoms with van der Waals surface area (Å²) in [6, 6.07) is 11.2. The zero-order valence-corrected chi connectivity index (χ0v) is 19.2. The van der Waals surface area contributed by atoms with E-state index in [1.165, 1.54) is 22.7 Å². The minimum Gasteiger partial charge on any atom is -0.408 e. The van der Waals surface area contributed by atoms with E-state index in [0.29, 0.717) is 8.68 Å². The quantitative estimate of drug-likeness (QED) is 0.245. The average molecular weight is 467 g/mol. The summed E-state index contributed by atoms with van der Waals surface area (Å²) in [4.78, 5) is 8.26. The zero-order chi connectivity index (χ0) is 15.7. The Morgan fingerprint density at radius 1 is 0.739 bits per heavy atom. The van der Waals surface area contributed by atoms with E-state index in [1.54, 1.807) is 0 Å². The molecule has 112 valence electrons. The van der Waals surface area contributed by atoms with Crippen LogP contribution in [0.5, 0.6) is 0 Å². The molecule has 0 unspecified atom stereocenters. The van der Waals surface area contributed by atoms with Gasteiger partial charge in [-0.05, 0) is 54.5 Å². The molecule has 23 heavy (non-hydrogen) atoms. The number of nitrogens with zero attached hydrogens (tertiary/aromatic N) is 2. The molecule has 0 atom stereocenters. The Morgan fingerprint density at radius 3 is 1.52 bits per heavy atom. The molecule has 0 aliphatic rings. The first-order valence-electron chi connectivity index (χ1n) is 5.97. The first-order chi connectivity index (χ1) is 10.5. The van der Waals surface area contributed by atoms with E-state index in [4.69, 9.17) is 48.5 Å². The molecule has 0 aliphatic heterocycles. The monoisotopic (exact) mass is 464 g/mol. The van der Waals surface area contributed by atoms with Gasteiger partial charge in [0.05, 0.1) is 11.0 Å². The van der Waals surface area contributed by atoms with Crippen LogP contribution in [0.3, 0.4) is 0 Å². The number of fused-ring (bicyclic) bond motifs is 2. The van der Waals surface area contributed by atoms with Crippen LogP contribution >= 0.6 is 45.9 Å². The molecule has 0 bridgehead atoms. The van der Waals surface area contributed by atoms with E-state index in [2.05, 4.69) is 9.97 Å². The summed E-state index contributed by atoms with van der Waals surface area (Å²) in [5, 5.41) is 1.47. The van der Waals surface area contributed by atoms with Gasteiger partial charge in [0.1, 0.15) is 0 Å². The molecule has 4 rings (SSSR count). The number of benzene rings is 2. The van der Waals surface area contributed by atoms with Crippen LogP contribution in [0.15, 0.2) is 45.1 Å². The van der Waals surface area contributed by atoms with Crippen molar-refractivity contribution in [1.29, 1.82) is 0 Å². The van der Waals surface area contributed by atoms with Crippen LogP contribution < -0.4 is 0 Å². The molecule has 0 amide bonds. The standard InChI is InChI=1S/2C7H4ClNS2.Zn/c2*8-4-1-2-5-6(3-4)11-7(10)9-5;/h2*1-3H,(H,9,10);/q;;+2/p-2. The maximum Gasteiger partial charge on any atom is 2.00 e. The van der Waals surface area contributed by atoms with Crippen molar-refractivity contribution >= 4 is 91.6 Å². The number of hydrogen-bond donors (Lipinski definition) is 0. The van der Waals surface area contributed by atoms with Gasteiger partial charge in [-0.1, -0.05) is 23.2 Å². The van der Waals surface area contributed by atoms with Crippen LogP contribution in [0, 0.1) is 0 Å². The van der Waals surface area contributed by atoms with E-state index in [0.717, 1.165) is 30.5 Å². The van der Waals surface area contributed by atoms with Crippen molar-refractivity contribution < 1.29 is 19.5 Å². The molecule has 9 heteroatoms. The molecular weight excluding hydrogens is 461 g/mol. The molecule has 0 saturated heterocycles. The van der Waals surface area contributed by atoms with Gasteiger partial charge in [-0.2, -0.15) is 0 Å². The Hall–Kier alpha value is -0.137. The molecule has 2 aromatic heterocycles. The second kappa shape index (κ2) is 8.30. The van der Waals surface area contributed by atoms with Crippen molar-refractivity contribution in [3.8, 4) is 0 Å². The van der Waals surface area contributed by atoms with Gasteiger partial charge in [0.2, 0.25) is 0 Å². The van der Waals surface area contributed by atoms with Crippen LogP contribution in [0.2, 0.25) is 10.0 Å². The number of aromatic nitrogens is 2. The fourth-order valence-corrected chi connectivity index (χ4v) is 4.44. The summed E-state index contributed by atoms with van der Waals surface area (Å²) >= 11 is 24.4. The van der Waals surface area contributed by atoms with Gasteiger partial charge in [0, 0.05) is 10.0 Å². The van der Waals surface area contributed by atoms with Gasteiger partial charge in [0.15, 0.2) is 0 Å². The molecule has 0 saturated carbocycles. The summed E-state index contributed by atoms with van der Waals surface area (Å²) in [7, 11) is 0. The normalized spacial score (nSPS) is 10.2. The maximum absolute atomic E-state index is 5.77. The Morgan fingerprint density at radius 2 is 1.13 bits per heavy atom. The van der Waals surface area contributed by atoms with Gasteiger partial charge in [-0.3, -0.25) is 9.97 Å². The van der Waals surface area contributed by atoms with Gasteiger partial charge >= 0.3 is 19.5 Å². The van der Waals surface area contributed by atoms with Gasteiger partial charge < -0.3 is 47.9 Å². The van der Waals surface area contributed by atoms with E-state index in [1.807, 2.05) is 36.4 Å². The molecule has 2 heterocycles. The molecule has 0 fully saturated rings. The zero-order valence-electron chi connectivity index (χ0n) is 11.5. The van der Waals surface area contributed by atoms with E-state index < -0.39 is 0 Å². The fourth-order valence-electron chi connectivity index (χ4n) is 1.75. The molecule has 4 aromatic rings. The fraction of sp³-hybridized carbons (Fsp3) is 0. The average Bonchev–Trinajstić information content (AvgIpc) is 2.99. The number of hydrogen-bond acceptors (Lipinski definition) is 6. The van der Waals surface area contributed by atoms with Crippen molar-refractivity contribution in [2.24, 2.45) is 0 Å². The van der Waals surface area contributed by atoms with E-state index >= 15 is 0 Å². The summed E-state index contributed by atoms with van der Waals surface area (Å²) < 4.78 is 3.45. The van der Waals surface area contributed by atoms with Crippen LogP contribution in [0.4, 0.5) is 0 Å². The van der Waals surface area contributed by atoms with Crippen molar-refractivity contribution in [2.75, 3.05) is 0 Å². The second-order valence-electron chi connectivity index (χ2n) is 4.18. The smallest absolute Gasteiger partial charge is 0.408 e. The largest absolute Gasteiger partial charge is 2.00 e. The maximum atomic E-state index is 5.77. The summed E-state index contributed by atoms with van der Waals surface area (Å²) in [5.41, 5.74) is 1.87. The predicted molar refractivity (Wildman–Crippen MR) is 101 cm³/mol. The van der Waals surface area contributed by atoms with Crippen LogP contribution in [-0.4, -0.2) is 9.97 Å². The Bertz CT molecular complexity index is 876. The molecule has 2 nitrogen and oxygen atoms in total. The molecule has 0 radical (unpaired) electrons. The minimum absolute atomic E-state index is 0. The van der Waals surface area contributed by atoms with Crippen molar-refractivity contribution in [1.82, 2.24) is 9.97 Å². The van der Waals surface area contributed by atoms with Crippen molar-refractivity contribution in [2.45, 2.75) is 8.68 Å². The van der Waals surface area contributed by atoms with Gasteiger partial charge in [-0.25, -0.2) is 0 Å². The first kappa shape index (κ1) is 19.2. The summed E-state index contributed by atoms with van der Waals surface area (Å²) in [6.45, 7) is 0. The van der Waals surface area contributed by atoms with Crippen LogP contribution in [0.25, 0.3) is 20.4 Å². The summed E-state index contributed by atoms with van der Waals surface area (Å²) in [5.74, 6) is 0. The van der Waals surface area contributed by atoms with Gasteiger partial charge in [0.25, 0.3) is 0 Å². The molecule has 0 aliphatic carbocycles. The number of thiazole rings is 2. The summed E-state index contributed by atoms with van der Waals surface area (Å²) in [6.07, 6.45) is 0. The Balaban J connectivity index is 0.000000160. The second-order valence-corrected chi connectivity index (χ2v) is 8.41. The Kier molecular flexibility index (Phi) is 6.92. The number of rotatable bonds is 0. The number of halogens is 2. The first-order valence-corrected chi connectivity index (χ1v) is 9.18. The van der Waals surface area contributed by atoms with Gasteiger partial charge in [-0.15, -0.1) is 0 Å². The molecular formula is C14H6Cl2N2S4Zn. The predicted octanol–water partition coefficient (Wildman–Crippen LogP) is 5.71.